The molecule has 2 rings (SSSR count). The lowest BCUT2D eigenvalue weighted by Gasteiger charge is -2.07. The quantitative estimate of drug-likeness (QED) is 0.879. The molecule has 0 atom stereocenters. The molecule has 21 heavy (non-hydrogen) atoms. The Labute approximate surface area is 134 Å². The number of rotatable bonds is 5. The number of halogens is 1. The summed E-state index contributed by atoms with van der Waals surface area (Å²) in [4.78, 5) is 0.355. The highest BCUT2D eigenvalue weighted by molar-refractivity contribution is 9.10. The van der Waals surface area contributed by atoms with E-state index in [4.69, 9.17) is 0 Å². The monoisotopic (exact) mass is 367 g/mol. The number of nitrogens with one attached hydrogen (secondary N) is 1. The first-order valence-electron chi connectivity index (χ1n) is 6.61. The van der Waals surface area contributed by atoms with Gasteiger partial charge in [-0.25, -0.2) is 8.42 Å². The topological polar surface area (TPSA) is 46.2 Å². The Kier molecular flexibility index (Phi) is 5.19. The third kappa shape index (κ3) is 4.66. The smallest absolute Gasteiger partial charge is 0.175 e. The summed E-state index contributed by atoms with van der Waals surface area (Å²) in [6.45, 7) is 3.53. The zero-order valence-corrected chi connectivity index (χ0v) is 14.5. The van der Waals surface area contributed by atoms with Crippen LogP contribution in [0, 0.1) is 6.92 Å². The SMILES string of the molecule is Cc1ccc(CNCc2ccc(S(C)(=O)=O)cc2)cc1Br. The molecule has 0 saturated carbocycles. The summed E-state index contributed by atoms with van der Waals surface area (Å²) >= 11 is 3.52. The second kappa shape index (κ2) is 6.73. The fraction of sp³-hybridized carbons (Fsp3) is 0.250. The molecule has 112 valence electrons. The van der Waals surface area contributed by atoms with Crippen molar-refractivity contribution in [1.29, 1.82) is 0 Å². The van der Waals surface area contributed by atoms with Gasteiger partial charge in [0.25, 0.3) is 0 Å². The molecule has 0 heterocycles. The molecule has 1 N–H and O–H groups in total. The van der Waals surface area contributed by atoms with Gasteiger partial charge in [0, 0.05) is 23.8 Å². The second-order valence-corrected chi connectivity index (χ2v) is 7.97. The van der Waals surface area contributed by atoms with Crippen molar-refractivity contribution >= 4 is 25.8 Å². The van der Waals surface area contributed by atoms with Gasteiger partial charge in [0.2, 0.25) is 0 Å². The average Bonchev–Trinajstić information content (AvgIpc) is 2.42. The third-order valence-electron chi connectivity index (χ3n) is 3.25. The van der Waals surface area contributed by atoms with E-state index in [9.17, 15) is 8.42 Å². The van der Waals surface area contributed by atoms with Crippen molar-refractivity contribution in [2.45, 2.75) is 24.9 Å². The van der Waals surface area contributed by atoms with Gasteiger partial charge < -0.3 is 5.32 Å². The number of hydrogen-bond acceptors (Lipinski definition) is 3. The maximum Gasteiger partial charge on any atom is 0.175 e. The molecule has 0 aromatic heterocycles. The standard InChI is InChI=1S/C16H18BrNO2S/c1-12-3-4-14(9-16(12)17)11-18-10-13-5-7-15(8-6-13)21(2,19)20/h3-9,18H,10-11H2,1-2H3. The van der Waals surface area contributed by atoms with Gasteiger partial charge in [0.1, 0.15) is 0 Å². The summed E-state index contributed by atoms with van der Waals surface area (Å²) in [6.07, 6.45) is 1.22. The summed E-state index contributed by atoms with van der Waals surface area (Å²) in [5.74, 6) is 0. The van der Waals surface area contributed by atoms with Crippen LogP contribution in [0.5, 0.6) is 0 Å². The first-order chi connectivity index (χ1) is 9.86. The van der Waals surface area contributed by atoms with E-state index in [2.05, 4.69) is 46.4 Å². The number of sulfone groups is 1. The highest BCUT2D eigenvalue weighted by atomic mass is 79.9. The Balaban J connectivity index is 1.93. The van der Waals surface area contributed by atoms with Crippen molar-refractivity contribution in [2.24, 2.45) is 0 Å². The van der Waals surface area contributed by atoms with Gasteiger partial charge in [-0.3, -0.25) is 0 Å². The molecule has 0 saturated heterocycles. The Hall–Kier alpha value is -1.17. The van der Waals surface area contributed by atoms with Crippen LogP contribution >= 0.6 is 15.9 Å². The van der Waals surface area contributed by atoms with Gasteiger partial charge in [0.05, 0.1) is 4.90 Å². The van der Waals surface area contributed by atoms with E-state index in [1.165, 1.54) is 17.4 Å². The molecule has 2 aromatic carbocycles. The van der Waals surface area contributed by atoms with E-state index in [1.54, 1.807) is 12.1 Å². The third-order valence-corrected chi connectivity index (χ3v) is 5.23. The normalized spacial score (nSPS) is 11.6. The summed E-state index contributed by atoms with van der Waals surface area (Å²) in [5, 5.41) is 3.35. The fourth-order valence-corrected chi connectivity index (χ4v) is 3.01. The highest BCUT2D eigenvalue weighted by Crippen LogP contribution is 2.17. The van der Waals surface area contributed by atoms with Crippen molar-refractivity contribution in [3.63, 3.8) is 0 Å². The summed E-state index contributed by atoms with van der Waals surface area (Å²) in [7, 11) is -3.12. The molecule has 5 heteroatoms. The summed E-state index contributed by atoms with van der Waals surface area (Å²) in [6, 6.07) is 13.3. The average molecular weight is 368 g/mol. The molecular formula is C16H18BrNO2S. The van der Waals surface area contributed by atoms with E-state index in [0.717, 1.165) is 16.6 Å². The first kappa shape index (κ1) is 16.2. The maximum absolute atomic E-state index is 11.4. The van der Waals surface area contributed by atoms with Crippen molar-refractivity contribution in [2.75, 3.05) is 6.26 Å². The van der Waals surface area contributed by atoms with Crippen LogP contribution in [0.15, 0.2) is 51.8 Å². The zero-order chi connectivity index (χ0) is 15.5. The van der Waals surface area contributed by atoms with E-state index >= 15 is 0 Å². The molecule has 3 nitrogen and oxygen atoms in total. The molecule has 0 radical (unpaired) electrons. The Bertz CT molecular complexity index is 724. The lowest BCUT2D eigenvalue weighted by molar-refractivity contribution is 0.602. The zero-order valence-electron chi connectivity index (χ0n) is 12.1. The molecule has 0 aliphatic heterocycles. The van der Waals surface area contributed by atoms with Gasteiger partial charge in [-0.2, -0.15) is 0 Å². The molecule has 0 unspecified atom stereocenters. The second-order valence-electron chi connectivity index (χ2n) is 5.10. The van der Waals surface area contributed by atoms with Crippen LogP contribution in [0.3, 0.4) is 0 Å². The van der Waals surface area contributed by atoms with Crippen LogP contribution in [0.2, 0.25) is 0 Å². The van der Waals surface area contributed by atoms with Crippen molar-refractivity contribution in [3.05, 3.63) is 63.6 Å². The van der Waals surface area contributed by atoms with Crippen LogP contribution in [0.25, 0.3) is 0 Å². The van der Waals surface area contributed by atoms with Gasteiger partial charge in [0.15, 0.2) is 9.84 Å². The molecule has 0 amide bonds. The summed E-state index contributed by atoms with van der Waals surface area (Å²) in [5.41, 5.74) is 3.49. The Morgan fingerprint density at radius 1 is 1.00 bits per heavy atom. The molecule has 0 fully saturated rings. The minimum absolute atomic E-state index is 0.355. The van der Waals surface area contributed by atoms with Gasteiger partial charge in [-0.15, -0.1) is 0 Å². The molecule has 0 bridgehead atoms. The van der Waals surface area contributed by atoms with E-state index < -0.39 is 9.84 Å². The Morgan fingerprint density at radius 2 is 1.57 bits per heavy atom. The van der Waals surface area contributed by atoms with Crippen molar-refractivity contribution in [1.82, 2.24) is 5.32 Å². The van der Waals surface area contributed by atoms with Crippen LogP contribution in [0.4, 0.5) is 0 Å². The number of benzene rings is 2. The molecule has 0 spiro atoms. The molecule has 2 aromatic rings. The lowest BCUT2D eigenvalue weighted by Crippen LogP contribution is -2.12. The highest BCUT2D eigenvalue weighted by Gasteiger charge is 2.05. The summed E-state index contributed by atoms with van der Waals surface area (Å²) < 4.78 is 23.9. The van der Waals surface area contributed by atoms with E-state index in [-0.39, 0.29) is 0 Å². The minimum Gasteiger partial charge on any atom is -0.309 e. The molecular weight excluding hydrogens is 350 g/mol. The van der Waals surface area contributed by atoms with Crippen molar-refractivity contribution < 1.29 is 8.42 Å². The van der Waals surface area contributed by atoms with E-state index in [1.807, 2.05) is 12.1 Å². The predicted octanol–water partition coefficient (Wildman–Crippen LogP) is 3.45. The van der Waals surface area contributed by atoms with Gasteiger partial charge in [-0.1, -0.05) is 40.2 Å². The first-order valence-corrected chi connectivity index (χ1v) is 9.29. The van der Waals surface area contributed by atoms with Gasteiger partial charge in [-0.05, 0) is 41.8 Å². The van der Waals surface area contributed by atoms with Crippen LogP contribution in [-0.2, 0) is 22.9 Å². The maximum atomic E-state index is 11.4. The molecule has 0 aliphatic rings. The number of aryl methyl sites for hydroxylation is 1. The predicted molar refractivity (Wildman–Crippen MR) is 89.0 cm³/mol. The number of hydrogen-bond donors (Lipinski definition) is 1. The van der Waals surface area contributed by atoms with Crippen LogP contribution in [0.1, 0.15) is 16.7 Å². The fourth-order valence-electron chi connectivity index (χ4n) is 1.95. The van der Waals surface area contributed by atoms with Crippen LogP contribution in [-0.4, -0.2) is 14.7 Å². The lowest BCUT2D eigenvalue weighted by atomic mass is 10.1. The molecule has 0 aliphatic carbocycles. The minimum atomic E-state index is -3.12. The van der Waals surface area contributed by atoms with Crippen LogP contribution < -0.4 is 5.32 Å². The van der Waals surface area contributed by atoms with Crippen molar-refractivity contribution in [3.8, 4) is 0 Å². The van der Waals surface area contributed by atoms with E-state index in [0.29, 0.717) is 11.4 Å². The van der Waals surface area contributed by atoms with Gasteiger partial charge >= 0.3 is 0 Å². The largest absolute Gasteiger partial charge is 0.309 e. The Morgan fingerprint density at radius 3 is 2.14 bits per heavy atom.